The fourth-order valence-corrected chi connectivity index (χ4v) is 7.31. The van der Waals surface area contributed by atoms with E-state index in [9.17, 15) is 0 Å². The predicted octanol–water partition coefficient (Wildman–Crippen LogP) is 7.42. The first-order chi connectivity index (χ1) is 15.0. The van der Waals surface area contributed by atoms with Gasteiger partial charge >= 0.3 is 0 Å². The van der Waals surface area contributed by atoms with Gasteiger partial charge in [-0.15, -0.1) is 34.0 Å². The molecule has 0 amide bonds. The minimum absolute atomic E-state index is 0.121. The molecular formula is C24H28O4S3. The lowest BCUT2D eigenvalue weighted by molar-refractivity contribution is 0.174. The molecule has 0 atom stereocenters. The van der Waals surface area contributed by atoms with Crippen molar-refractivity contribution in [3.63, 3.8) is 0 Å². The van der Waals surface area contributed by atoms with Crippen LogP contribution in [0.1, 0.15) is 44.7 Å². The topological polar surface area (TPSA) is 36.9 Å². The molecule has 5 heterocycles. The van der Waals surface area contributed by atoms with E-state index in [2.05, 4.69) is 38.5 Å². The van der Waals surface area contributed by atoms with Gasteiger partial charge in [-0.1, -0.05) is 20.8 Å². The van der Waals surface area contributed by atoms with Crippen LogP contribution in [-0.2, 0) is 6.42 Å². The monoisotopic (exact) mass is 476 g/mol. The maximum Gasteiger partial charge on any atom is 0.180 e. The van der Waals surface area contributed by atoms with Crippen LogP contribution < -0.4 is 18.9 Å². The van der Waals surface area contributed by atoms with Crippen LogP contribution in [0.2, 0.25) is 0 Å². The van der Waals surface area contributed by atoms with Gasteiger partial charge in [0.1, 0.15) is 24.7 Å². The molecule has 0 saturated carbocycles. The van der Waals surface area contributed by atoms with Crippen LogP contribution in [0.25, 0.3) is 19.5 Å². The molecule has 0 radical (unpaired) electrons. The van der Waals surface area contributed by atoms with Crippen LogP contribution >= 0.6 is 34.0 Å². The minimum atomic E-state index is 0.121. The Balaban J connectivity index is 1.62. The van der Waals surface area contributed by atoms with E-state index in [1.54, 1.807) is 34.0 Å². The predicted molar refractivity (Wildman–Crippen MR) is 130 cm³/mol. The van der Waals surface area contributed by atoms with E-state index in [1.807, 2.05) is 0 Å². The average Bonchev–Trinajstić information content (AvgIpc) is 3.47. The quantitative estimate of drug-likeness (QED) is 0.371. The van der Waals surface area contributed by atoms with Gasteiger partial charge < -0.3 is 18.9 Å². The van der Waals surface area contributed by atoms with Gasteiger partial charge in [0.25, 0.3) is 0 Å². The second-order valence-corrected chi connectivity index (χ2v) is 11.6. The Morgan fingerprint density at radius 3 is 2.52 bits per heavy atom. The van der Waals surface area contributed by atoms with E-state index < -0.39 is 0 Å². The third-order valence-electron chi connectivity index (χ3n) is 6.02. The van der Waals surface area contributed by atoms with Crippen molar-refractivity contribution in [3.05, 3.63) is 21.9 Å². The van der Waals surface area contributed by atoms with Crippen molar-refractivity contribution in [2.75, 3.05) is 26.4 Å². The van der Waals surface area contributed by atoms with Crippen molar-refractivity contribution in [1.82, 2.24) is 0 Å². The summed E-state index contributed by atoms with van der Waals surface area (Å²) in [6, 6.07) is 0. The highest BCUT2D eigenvalue weighted by Crippen LogP contribution is 2.56. The molecule has 7 heteroatoms. The zero-order chi connectivity index (χ0) is 21.6. The molecule has 5 rings (SSSR count). The summed E-state index contributed by atoms with van der Waals surface area (Å²) in [6.07, 6.45) is 3.25. The highest BCUT2D eigenvalue weighted by molar-refractivity contribution is 7.26. The molecule has 0 spiro atoms. The van der Waals surface area contributed by atoms with Gasteiger partial charge in [-0.25, -0.2) is 0 Å². The van der Waals surface area contributed by atoms with Gasteiger partial charge in [0, 0.05) is 16.5 Å². The molecule has 2 aliphatic heterocycles. The normalized spacial score (nSPS) is 15.5. The number of hydrogen-bond acceptors (Lipinski definition) is 7. The Hall–Kier alpha value is -1.70. The van der Waals surface area contributed by atoms with E-state index in [0.29, 0.717) is 19.8 Å². The molecule has 3 aromatic rings. The van der Waals surface area contributed by atoms with Gasteiger partial charge in [-0.05, 0) is 37.0 Å². The van der Waals surface area contributed by atoms with E-state index in [0.717, 1.165) is 53.7 Å². The summed E-state index contributed by atoms with van der Waals surface area (Å²) < 4.78 is 24.5. The Morgan fingerprint density at radius 2 is 1.68 bits per heavy atom. The standard InChI is InChI=1S/C24H28O4S3/c1-5-24(3,4)13-28-17-14(2)20(22-19-16(12-30-22)25-9-10-27-19)31-23(17)21-18-15(11-29-21)7-6-8-26-18/h11-12H,5-10,13H2,1-4H3. The first kappa shape index (κ1) is 21.2. The summed E-state index contributed by atoms with van der Waals surface area (Å²) in [7, 11) is 0. The van der Waals surface area contributed by atoms with Crippen LogP contribution in [0.5, 0.6) is 23.0 Å². The number of thiophene rings is 3. The van der Waals surface area contributed by atoms with Crippen molar-refractivity contribution in [2.45, 2.75) is 47.0 Å². The van der Waals surface area contributed by atoms with Gasteiger partial charge in [-0.2, -0.15) is 0 Å². The van der Waals surface area contributed by atoms with Crippen LogP contribution in [0, 0.1) is 12.3 Å². The van der Waals surface area contributed by atoms with E-state index in [4.69, 9.17) is 18.9 Å². The summed E-state index contributed by atoms with van der Waals surface area (Å²) in [6.45, 7) is 11.6. The third-order valence-corrected chi connectivity index (χ3v) is 9.57. The van der Waals surface area contributed by atoms with Crippen molar-refractivity contribution >= 4 is 34.0 Å². The minimum Gasteiger partial charge on any atom is -0.492 e. The molecule has 0 fully saturated rings. The van der Waals surface area contributed by atoms with Crippen LogP contribution in [-0.4, -0.2) is 26.4 Å². The van der Waals surface area contributed by atoms with Gasteiger partial charge in [0.05, 0.1) is 32.7 Å². The van der Waals surface area contributed by atoms with Crippen molar-refractivity contribution in [3.8, 4) is 42.5 Å². The molecule has 0 unspecified atom stereocenters. The summed E-state index contributed by atoms with van der Waals surface area (Å²) in [5, 5.41) is 4.31. The molecule has 0 aromatic carbocycles. The first-order valence-corrected chi connectivity index (χ1v) is 13.4. The smallest absolute Gasteiger partial charge is 0.180 e. The Labute approximate surface area is 195 Å². The molecule has 2 aliphatic rings. The van der Waals surface area contributed by atoms with Crippen molar-refractivity contribution in [1.29, 1.82) is 0 Å². The van der Waals surface area contributed by atoms with Gasteiger partial charge in [0.2, 0.25) is 0 Å². The lowest BCUT2D eigenvalue weighted by Gasteiger charge is -2.23. The number of hydrogen-bond donors (Lipinski definition) is 0. The Morgan fingerprint density at radius 1 is 0.935 bits per heavy atom. The van der Waals surface area contributed by atoms with Gasteiger partial charge in [-0.3, -0.25) is 0 Å². The average molecular weight is 477 g/mol. The van der Waals surface area contributed by atoms with Crippen molar-refractivity contribution < 1.29 is 18.9 Å². The molecular weight excluding hydrogens is 448 g/mol. The van der Waals surface area contributed by atoms with Crippen LogP contribution in [0.15, 0.2) is 10.8 Å². The molecule has 0 saturated heterocycles. The van der Waals surface area contributed by atoms with Crippen molar-refractivity contribution in [2.24, 2.45) is 5.41 Å². The van der Waals surface area contributed by atoms with E-state index in [-0.39, 0.29) is 5.41 Å². The maximum atomic E-state index is 6.56. The molecule has 0 bridgehead atoms. The molecule has 4 nitrogen and oxygen atoms in total. The molecule has 166 valence electrons. The summed E-state index contributed by atoms with van der Waals surface area (Å²) in [5.74, 6) is 3.76. The fraction of sp³-hybridized carbons (Fsp3) is 0.500. The zero-order valence-electron chi connectivity index (χ0n) is 18.5. The molecule has 0 N–H and O–H groups in total. The number of fused-ring (bicyclic) bond motifs is 2. The summed E-state index contributed by atoms with van der Waals surface area (Å²) in [5.41, 5.74) is 2.61. The lowest BCUT2D eigenvalue weighted by Crippen LogP contribution is -2.20. The van der Waals surface area contributed by atoms with Crippen LogP contribution in [0.3, 0.4) is 0 Å². The largest absolute Gasteiger partial charge is 0.492 e. The second kappa shape index (κ2) is 8.34. The number of aryl methyl sites for hydroxylation is 1. The number of rotatable bonds is 6. The first-order valence-electron chi connectivity index (χ1n) is 10.9. The van der Waals surface area contributed by atoms with Crippen LogP contribution in [0.4, 0.5) is 0 Å². The SMILES string of the molecule is CCC(C)(C)COc1c(-c2scc3c2OCCC3)sc(-c2scc3c2OCCO3)c1C. The maximum absolute atomic E-state index is 6.56. The third kappa shape index (κ3) is 3.85. The lowest BCUT2D eigenvalue weighted by atomic mass is 9.92. The van der Waals surface area contributed by atoms with E-state index >= 15 is 0 Å². The summed E-state index contributed by atoms with van der Waals surface area (Å²) in [4.78, 5) is 4.70. The Bertz CT molecular complexity index is 1090. The highest BCUT2D eigenvalue weighted by Gasteiger charge is 2.30. The molecule has 3 aromatic heterocycles. The molecule has 0 aliphatic carbocycles. The Kier molecular flexibility index (Phi) is 5.69. The van der Waals surface area contributed by atoms with E-state index in [1.165, 1.54) is 25.8 Å². The second-order valence-electron chi connectivity index (χ2n) is 8.85. The van der Waals surface area contributed by atoms with Gasteiger partial charge in [0.15, 0.2) is 11.5 Å². The molecule has 31 heavy (non-hydrogen) atoms. The highest BCUT2D eigenvalue weighted by atomic mass is 32.1. The zero-order valence-corrected chi connectivity index (χ0v) is 20.9. The summed E-state index contributed by atoms with van der Waals surface area (Å²) >= 11 is 5.24. The fourth-order valence-electron chi connectivity index (χ4n) is 3.73. The number of ether oxygens (including phenoxy) is 4.